The topological polar surface area (TPSA) is 48.1 Å². The molecule has 1 aliphatic rings. The van der Waals surface area contributed by atoms with Gasteiger partial charge in [-0.3, -0.25) is 4.98 Å². The molecule has 0 aromatic carbocycles. The Morgan fingerprint density at radius 2 is 1.95 bits per heavy atom. The second kappa shape index (κ2) is 5.59. The van der Waals surface area contributed by atoms with Crippen LogP contribution < -0.4 is 5.73 Å². The molecule has 1 aliphatic carbocycles. The Balaban J connectivity index is 2.05. The van der Waals surface area contributed by atoms with Crippen molar-refractivity contribution in [2.24, 2.45) is 11.1 Å². The average molecular weight is 262 g/mol. The van der Waals surface area contributed by atoms with Crippen molar-refractivity contribution in [1.29, 1.82) is 0 Å². The summed E-state index contributed by atoms with van der Waals surface area (Å²) in [5, 5.41) is 0. The van der Waals surface area contributed by atoms with Crippen LogP contribution in [0.5, 0.6) is 0 Å². The van der Waals surface area contributed by atoms with Crippen LogP contribution in [-0.4, -0.2) is 23.7 Å². The van der Waals surface area contributed by atoms with E-state index in [4.69, 9.17) is 10.5 Å². The van der Waals surface area contributed by atoms with Crippen LogP contribution in [0.3, 0.4) is 0 Å². The maximum Gasteiger partial charge on any atom is 0.0833 e. The van der Waals surface area contributed by atoms with Gasteiger partial charge in [-0.2, -0.15) is 0 Å². The van der Waals surface area contributed by atoms with Crippen molar-refractivity contribution in [3.63, 3.8) is 0 Å². The summed E-state index contributed by atoms with van der Waals surface area (Å²) >= 11 is 0. The Morgan fingerprint density at radius 1 is 1.26 bits per heavy atom. The number of nitrogens with zero attached hydrogens (tertiary/aromatic N) is 1. The van der Waals surface area contributed by atoms with E-state index in [0.29, 0.717) is 5.41 Å². The molecule has 3 heteroatoms. The second-order valence-electron chi connectivity index (χ2n) is 6.56. The SMILES string of the molecule is COC1(C(N)Cc2ccccn2)CCC(C)(C)CC1. The average Bonchev–Trinajstić information content (AvgIpc) is 2.40. The van der Waals surface area contributed by atoms with Crippen LogP contribution in [0.15, 0.2) is 24.4 Å². The molecule has 1 aromatic rings. The van der Waals surface area contributed by atoms with E-state index in [1.54, 1.807) is 7.11 Å². The molecule has 0 radical (unpaired) electrons. The number of hydrogen-bond acceptors (Lipinski definition) is 3. The summed E-state index contributed by atoms with van der Waals surface area (Å²) in [6.07, 6.45) is 7.06. The highest BCUT2D eigenvalue weighted by Crippen LogP contribution is 2.43. The summed E-state index contributed by atoms with van der Waals surface area (Å²) in [7, 11) is 1.80. The highest BCUT2D eigenvalue weighted by atomic mass is 16.5. The normalized spacial score (nSPS) is 22.9. The van der Waals surface area contributed by atoms with Crippen molar-refractivity contribution in [3.05, 3.63) is 30.1 Å². The predicted molar refractivity (Wildman–Crippen MR) is 77.9 cm³/mol. The quantitative estimate of drug-likeness (QED) is 0.907. The van der Waals surface area contributed by atoms with Crippen LogP contribution in [0.1, 0.15) is 45.2 Å². The lowest BCUT2D eigenvalue weighted by Gasteiger charge is -2.45. The van der Waals surface area contributed by atoms with Crippen LogP contribution in [0.25, 0.3) is 0 Å². The summed E-state index contributed by atoms with van der Waals surface area (Å²) in [5.74, 6) is 0. The van der Waals surface area contributed by atoms with Crippen molar-refractivity contribution in [2.45, 2.75) is 57.6 Å². The molecular weight excluding hydrogens is 236 g/mol. The first-order valence-corrected chi connectivity index (χ1v) is 7.18. The van der Waals surface area contributed by atoms with Crippen LogP contribution >= 0.6 is 0 Å². The van der Waals surface area contributed by atoms with Gasteiger partial charge >= 0.3 is 0 Å². The summed E-state index contributed by atoms with van der Waals surface area (Å²) < 4.78 is 5.85. The van der Waals surface area contributed by atoms with Crippen LogP contribution in [0.2, 0.25) is 0 Å². The van der Waals surface area contributed by atoms with Gasteiger partial charge in [0.2, 0.25) is 0 Å². The lowest BCUT2D eigenvalue weighted by molar-refractivity contribution is -0.0782. The van der Waals surface area contributed by atoms with Crippen molar-refractivity contribution >= 4 is 0 Å². The molecule has 0 amide bonds. The van der Waals surface area contributed by atoms with Gasteiger partial charge < -0.3 is 10.5 Å². The Kier molecular flexibility index (Phi) is 4.26. The molecule has 2 N–H and O–H groups in total. The molecule has 0 saturated heterocycles. The van der Waals surface area contributed by atoms with E-state index >= 15 is 0 Å². The monoisotopic (exact) mass is 262 g/mol. The van der Waals surface area contributed by atoms with E-state index in [-0.39, 0.29) is 11.6 Å². The molecule has 1 saturated carbocycles. The Hall–Kier alpha value is -0.930. The Labute approximate surface area is 116 Å². The van der Waals surface area contributed by atoms with Crippen molar-refractivity contribution in [2.75, 3.05) is 7.11 Å². The van der Waals surface area contributed by atoms with Crippen LogP contribution in [0.4, 0.5) is 0 Å². The first-order valence-electron chi connectivity index (χ1n) is 7.18. The molecule has 1 heterocycles. The summed E-state index contributed by atoms with van der Waals surface area (Å²) in [4.78, 5) is 4.37. The third kappa shape index (κ3) is 3.34. The molecule has 1 atom stereocenters. The number of hydrogen-bond donors (Lipinski definition) is 1. The minimum absolute atomic E-state index is 0.0171. The van der Waals surface area contributed by atoms with E-state index in [1.807, 2.05) is 24.4 Å². The van der Waals surface area contributed by atoms with E-state index in [9.17, 15) is 0 Å². The van der Waals surface area contributed by atoms with Crippen LogP contribution in [-0.2, 0) is 11.2 Å². The molecule has 106 valence electrons. The molecule has 1 fully saturated rings. The fourth-order valence-electron chi connectivity index (χ4n) is 3.01. The maximum absolute atomic E-state index is 6.45. The van der Waals surface area contributed by atoms with E-state index in [1.165, 1.54) is 12.8 Å². The largest absolute Gasteiger partial charge is 0.377 e. The van der Waals surface area contributed by atoms with Gasteiger partial charge in [-0.25, -0.2) is 0 Å². The van der Waals surface area contributed by atoms with Gasteiger partial charge in [-0.1, -0.05) is 19.9 Å². The molecule has 2 rings (SSSR count). The van der Waals surface area contributed by atoms with Crippen molar-refractivity contribution < 1.29 is 4.74 Å². The van der Waals surface area contributed by atoms with Crippen molar-refractivity contribution in [1.82, 2.24) is 4.98 Å². The lowest BCUT2D eigenvalue weighted by atomic mass is 9.68. The number of aromatic nitrogens is 1. The van der Waals surface area contributed by atoms with Gasteiger partial charge in [-0.15, -0.1) is 0 Å². The highest BCUT2D eigenvalue weighted by Gasteiger charge is 2.42. The van der Waals surface area contributed by atoms with Gasteiger partial charge in [0.15, 0.2) is 0 Å². The van der Waals surface area contributed by atoms with E-state index in [0.717, 1.165) is 25.0 Å². The zero-order chi connectivity index (χ0) is 13.9. The van der Waals surface area contributed by atoms with E-state index in [2.05, 4.69) is 18.8 Å². The van der Waals surface area contributed by atoms with Crippen LogP contribution in [0, 0.1) is 5.41 Å². The van der Waals surface area contributed by atoms with Gasteiger partial charge in [0, 0.05) is 31.5 Å². The first-order chi connectivity index (χ1) is 8.97. The predicted octanol–water partition coefficient (Wildman–Crippen LogP) is 2.94. The standard InChI is InChI=1S/C16H26N2O/c1-15(2)7-9-16(19-3,10-8-15)14(17)12-13-6-4-5-11-18-13/h4-6,11,14H,7-10,12,17H2,1-3H3. The molecule has 0 spiro atoms. The molecule has 19 heavy (non-hydrogen) atoms. The van der Waals surface area contributed by atoms with Gasteiger partial charge in [-0.05, 0) is 43.2 Å². The molecule has 1 aromatic heterocycles. The molecular formula is C16H26N2O. The number of rotatable bonds is 4. The first kappa shape index (κ1) is 14.5. The Morgan fingerprint density at radius 3 is 2.47 bits per heavy atom. The fraction of sp³-hybridized carbons (Fsp3) is 0.688. The van der Waals surface area contributed by atoms with E-state index < -0.39 is 0 Å². The third-order valence-electron chi connectivity index (χ3n) is 4.69. The van der Waals surface area contributed by atoms with Crippen molar-refractivity contribution in [3.8, 4) is 0 Å². The summed E-state index contributed by atoms with van der Waals surface area (Å²) in [6.45, 7) is 4.66. The third-order valence-corrected chi connectivity index (χ3v) is 4.69. The lowest BCUT2D eigenvalue weighted by Crippen LogP contribution is -2.53. The summed E-state index contributed by atoms with van der Waals surface area (Å²) in [5.41, 5.74) is 7.75. The zero-order valence-corrected chi connectivity index (χ0v) is 12.4. The highest BCUT2D eigenvalue weighted by molar-refractivity contribution is 5.09. The number of pyridine rings is 1. The minimum atomic E-state index is -0.174. The maximum atomic E-state index is 6.45. The minimum Gasteiger partial charge on any atom is -0.377 e. The Bertz CT molecular complexity index is 392. The summed E-state index contributed by atoms with van der Waals surface area (Å²) in [6, 6.07) is 6.00. The molecule has 0 bridgehead atoms. The molecule has 0 aliphatic heterocycles. The zero-order valence-electron chi connectivity index (χ0n) is 12.4. The molecule has 3 nitrogen and oxygen atoms in total. The van der Waals surface area contributed by atoms with Gasteiger partial charge in [0.05, 0.1) is 5.60 Å². The van der Waals surface area contributed by atoms with Gasteiger partial charge in [0.1, 0.15) is 0 Å². The smallest absolute Gasteiger partial charge is 0.0833 e. The number of methoxy groups -OCH3 is 1. The molecule has 1 unspecified atom stereocenters. The van der Waals surface area contributed by atoms with Gasteiger partial charge in [0.25, 0.3) is 0 Å². The number of ether oxygens (including phenoxy) is 1. The number of nitrogens with two attached hydrogens (primary N) is 1. The second-order valence-corrected chi connectivity index (χ2v) is 6.56. The fourth-order valence-corrected chi connectivity index (χ4v) is 3.01.